The summed E-state index contributed by atoms with van der Waals surface area (Å²) in [5.74, 6) is 1.90. The highest BCUT2D eigenvalue weighted by molar-refractivity contribution is 7.26. The van der Waals surface area contributed by atoms with Gasteiger partial charge in [0.2, 0.25) is 0 Å². The zero-order valence-corrected chi connectivity index (χ0v) is 30.9. The molecule has 0 spiro atoms. The van der Waals surface area contributed by atoms with Crippen LogP contribution in [0.25, 0.3) is 104 Å². The fourth-order valence-electron chi connectivity index (χ4n) is 7.83. The first-order valence-electron chi connectivity index (χ1n) is 18.6. The first kappa shape index (κ1) is 32.2. The van der Waals surface area contributed by atoms with Crippen molar-refractivity contribution in [1.82, 2.24) is 24.5 Å². The lowest BCUT2D eigenvalue weighted by Crippen LogP contribution is -2.00. The molecule has 0 aliphatic heterocycles. The number of fused-ring (bicyclic) bond motifs is 7. The lowest BCUT2D eigenvalue weighted by molar-refractivity contribution is 1.07. The van der Waals surface area contributed by atoms with Gasteiger partial charge in [0, 0.05) is 65.7 Å². The molecule has 0 radical (unpaired) electrons. The van der Waals surface area contributed by atoms with E-state index in [0.717, 1.165) is 44.6 Å². The number of hydrogen-bond donors (Lipinski definition) is 0. The molecule has 7 aromatic carbocycles. The van der Waals surface area contributed by atoms with Gasteiger partial charge in [0.05, 0.1) is 11.0 Å². The maximum absolute atomic E-state index is 5.02. The molecule has 0 aliphatic carbocycles. The second kappa shape index (κ2) is 13.2. The Labute approximate surface area is 326 Å². The SMILES string of the molecule is c1ccc(-c2nc(-c3ccc(-c4cccnc4)cc3)nc(-c3ccc(-c4ccc5c(c4)c4c6sc7ccccc7c6ccc4n5-c4ccccc4)cc3)n2)cc1. The molecule has 0 unspecified atom stereocenters. The first-order valence-corrected chi connectivity index (χ1v) is 19.4. The summed E-state index contributed by atoms with van der Waals surface area (Å²) in [7, 11) is 0. The van der Waals surface area contributed by atoms with Gasteiger partial charge in [0.15, 0.2) is 17.5 Å². The van der Waals surface area contributed by atoms with Gasteiger partial charge in [-0.25, -0.2) is 15.0 Å². The summed E-state index contributed by atoms with van der Waals surface area (Å²) in [6.07, 6.45) is 3.66. The Morgan fingerprint density at radius 2 is 0.946 bits per heavy atom. The number of aromatic nitrogens is 5. The van der Waals surface area contributed by atoms with E-state index in [4.69, 9.17) is 15.0 Å². The molecule has 4 aromatic heterocycles. The van der Waals surface area contributed by atoms with Crippen LogP contribution in [0, 0.1) is 0 Å². The van der Waals surface area contributed by atoms with Crippen LogP contribution in [0.4, 0.5) is 0 Å². The number of para-hydroxylation sites is 1. The predicted octanol–water partition coefficient (Wildman–Crippen LogP) is 13.1. The van der Waals surface area contributed by atoms with E-state index >= 15 is 0 Å². The molecule has 4 heterocycles. The van der Waals surface area contributed by atoms with E-state index < -0.39 is 0 Å². The Balaban J connectivity index is 1.02. The minimum Gasteiger partial charge on any atom is -0.309 e. The largest absolute Gasteiger partial charge is 0.309 e. The standard InChI is InChI=1S/C50H31N5S/c1-3-10-34(11-4-1)48-52-49(54-50(53-48)36-23-19-33(20-24-36)38-12-9-29-51-31-38)35-21-17-32(18-22-35)37-25-27-43-42(30-37)46-44(55(43)39-13-5-2-6-14-39)28-26-41-40-15-7-8-16-45(40)56-47(41)46/h1-31H. The van der Waals surface area contributed by atoms with Gasteiger partial charge >= 0.3 is 0 Å². The van der Waals surface area contributed by atoms with Crippen molar-refractivity contribution in [1.29, 1.82) is 0 Å². The third-order valence-corrected chi connectivity index (χ3v) is 11.8. The average Bonchev–Trinajstić information content (AvgIpc) is 3.83. The molecule has 6 heteroatoms. The molecule has 11 aromatic rings. The molecule has 11 rings (SSSR count). The summed E-state index contributed by atoms with van der Waals surface area (Å²) in [6.45, 7) is 0. The van der Waals surface area contributed by atoms with Gasteiger partial charge in [0.25, 0.3) is 0 Å². The minimum atomic E-state index is 0.628. The first-order chi connectivity index (χ1) is 27.7. The van der Waals surface area contributed by atoms with Crippen molar-refractivity contribution in [2.75, 3.05) is 0 Å². The molecule has 0 fully saturated rings. The molecular formula is C50H31N5S. The Morgan fingerprint density at radius 3 is 1.62 bits per heavy atom. The number of thiophene rings is 1. The maximum atomic E-state index is 5.02. The highest BCUT2D eigenvalue weighted by Gasteiger charge is 2.19. The number of benzene rings is 7. The Hall–Kier alpha value is -7.28. The minimum absolute atomic E-state index is 0.628. The van der Waals surface area contributed by atoms with Gasteiger partial charge in [-0.2, -0.15) is 0 Å². The molecule has 0 N–H and O–H groups in total. The van der Waals surface area contributed by atoms with Crippen LogP contribution in [0.15, 0.2) is 188 Å². The van der Waals surface area contributed by atoms with Gasteiger partial charge in [0.1, 0.15) is 0 Å². The summed E-state index contributed by atoms with van der Waals surface area (Å²) >= 11 is 1.88. The number of hydrogen-bond acceptors (Lipinski definition) is 5. The summed E-state index contributed by atoms with van der Waals surface area (Å²) in [5, 5.41) is 5.14. The second-order valence-corrected chi connectivity index (χ2v) is 15.0. The maximum Gasteiger partial charge on any atom is 0.164 e. The topological polar surface area (TPSA) is 56.5 Å². The van der Waals surface area contributed by atoms with Crippen LogP contribution in [0.3, 0.4) is 0 Å². The molecule has 0 amide bonds. The van der Waals surface area contributed by atoms with Gasteiger partial charge in [-0.1, -0.05) is 133 Å². The number of rotatable bonds is 6. The highest BCUT2D eigenvalue weighted by Crippen LogP contribution is 2.44. The van der Waals surface area contributed by atoms with Gasteiger partial charge < -0.3 is 4.57 Å². The van der Waals surface area contributed by atoms with Crippen molar-refractivity contribution >= 4 is 53.3 Å². The van der Waals surface area contributed by atoms with Crippen molar-refractivity contribution in [2.24, 2.45) is 0 Å². The summed E-state index contributed by atoms with van der Waals surface area (Å²) in [6, 6.07) is 61.9. The monoisotopic (exact) mass is 733 g/mol. The summed E-state index contributed by atoms with van der Waals surface area (Å²) < 4.78 is 5.03. The smallest absolute Gasteiger partial charge is 0.164 e. The van der Waals surface area contributed by atoms with Crippen molar-refractivity contribution < 1.29 is 0 Å². The number of pyridine rings is 1. The highest BCUT2D eigenvalue weighted by atomic mass is 32.1. The van der Waals surface area contributed by atoms with E-state index in [2.05, 4.69) is 149 Å². The van der Waals surface area contributed by atoms with Crippen LogP contribution in [0.1, 0.15) is 0 Å². The van der Waals surface area contributed by atoms with Crippen molar-refractivity contribution in [2.45, 2.75) is 0 Å². The average molecular weight is 734 g/mol. The molecule has 5 nitrogen and oxygen atoms in total. The van der Waals surface area contributed by atoms with Crippen LogP contribution >= 0.6 is 11.3 Å². The zero-order chi connectivity index (χ0) is 37.0. The molecule has 0 saturated heterocycles. The third-order valence-electron chi connectivity index (χ3n) is 10.6. The van der Waals surface area contributed by atoms with E-state index in [9.17, 15) is 0 Å². The fourth-order valence-corrected chi connectivity index (χ4v) is 9.09. The van der Waals surface area contributed by atoms with Crippen molar-refractivity contribution in [3.05, 3.63) is 188 Å². The van der Waals surface area contributed by atoms with Crippen LogP contribution in [-0.4, -0.2) is 24.5 Å². The molecular weight excluding hydrogens is 703 g/mol. The lowest BCUT2D eigenvalue weighted by atomic mass is 10.0. The lowest BCUT2D eigenvalue weighted by Gasteiger charge is -2.10. The molecule has 0 aliphatic rings. The molecule has 0 bridgehead atoms. The third kappa shape index (κ3) is 5.46. The van der Waals surface area contributed by atoms with Crippen LogP contribution in [0.2, 0.25) is 0 Å². The van der Waals surface area contributed by atoms with Gasteiger partial charge in [-0.3, -0.25) is 4.98 Å². The van der Waals surface area contributed by atoms with Crippen LogP contribution < -0.4 is 0 Å². The Kier molecular flexibility index (Phi) is 7.60. The van der Waals surface area contributed by atoms with E-state index in [-0.39, 0.29) is 0 Å². The fraction of sp³-hybridized carbons (Fsp3) is 0. The molecule has 262 valence electrons. The van der Waals surface area contributed by atoms with Crippen LogP contribution in [-0.2, 0) is 0 Å². The van der Waals surface area contributed by atoms with E-state index in [0.29, 0.717) is 17.5 Å². The predicted molar refractivity (Wildman–Crippen MR) is 232 cm³/mol. The van der Waals surface area contributed by atoms with Crippen molar-refractivity contribution in [3.8, 4) is 62.1 Å². The van der Waals surface area contributed by atoms with Gasteiger partial charge in [-0.15, -0.1) is 11.3 Å². The zero-order valence-electron chi connectivity index (χ0n) is 30.0. The van der Waals surface area contributed by atoms with Crippen molar-refractivity contribution in [3.63, 3.8) is 0 Å². The quantitative estimate of drug-likeness (QED) is 0.171. The molecule has 0 atom stereocenters. The number of nitrogens with zero attached hydrogens (tertiary/aromatic N) is 5. The Bertz CT molecular complexity index is 3210. The second-order valence-electron chi connectivity index (χ2n) is 13.9. The summed E-state index contributed by atoms with van der Waals surface area (Å²) in [5.41, 5.74) is 10.8. The summed E-state index contributed by atoms with van der Waals surface area (Å²) in [4.78, 5) is 19.2. The molecule has 0 saturated carbocycles. The Morgan fingerprint density at radius 1 is 0.393 bits per heavy atom. The van der Waals surface area contributed by atoms with E-state index in [1.807, 2.05) is 53.9 Å². The van der Waals surface area contributed by atoms with E-state index in [1.165, 1.54) is 42.0 Å². The van der Waals surface area contributed by atoms with Crippen LogP contribution in [0.5, 0.6) is 0 Å². The molecule has 56 heavy (non-hydrogen) atoms. The normalized spacial score (nSPS) is 11.6. The van der Waals surface area contributed by atoms with E-state index in [1.54, 1.807) is 6.20 Å². The van der Waals surface area contributed by atoms with Gasteiger partial charge in [-0.05, 0) is 64.7 Å².